The van der Waals surface area contributed by atoms with Gasteiger partial charge in [-0.3, -0.25) is 0 Å². The third-order valence-electron chi connectivity index (χ3n) is 3.37. The van der Waals surface area contributed by atoms with Gasteiger partial charge in [-0.25, -0.2) is 4.98 Å². The Morgan fingerprint density at radius 2 is 1.76 bits per heavy atom. The average molecular weight is 253 g/mol. The molecule has 1 nitrogen and oxygen atoms in total. The van der Waals surface area contributed by atoms with E-state index < -0.39 is 0 Å². The molecule has 1 atom stereocenters. The van der Waals surface area contributed by atoms with E-state index in [4.69, 9.17) is 0 Å². The third-order valence-corrected chi connectivity index (χ3v) is 4.16. The smallest absolute Gasteiger partial charge is 0.0897 e. The lowest BCUT2D eigenvalue weighted by Gasteiger charge is -2.14. The first-order valence-electron chi connectivity index (χ1n) is 7.20. The van der Waals surface area contributed by atoms with Gasteiger partial charge < -0.3 is 0 Å². The van der Waals surface area contributed by atoms with Crippen LogP contribution in [-0.2, 0) is 0 Å². The van der Waals surface area contributed by atoms with Crippen LogP contribution in [0.25, 0.3) is 0 Å². The van der Waals surface area contributed by atoms with Gasteiger partial charge in [0.05, 0.1) is 10.7 Å². The first-order chi connectivity index (χ1) is 8.27. The van der Waals surface area contributed by atoms with Crippen molar-refractivity contribution in [2.24, 2.45) is 0 Å². The Hall–Kier alpha value is -0.370. The fourth-order valence-corrected chi connectivity index (χ4v) is 2.97. The Morgan fingerprint density at radius 1 is 1.06 bits per heavy atom. The zero-order valence-corrected chi connectivity index (χ0v) is 12.5. The lowest BCUT2D eigenvalue weighted by molar-refractivity contribution is 0.501. The summed E-state index contributed by atoms with van der Waals surface area (Å²) in [4.78, 5) is 4.68. The molecule has 98 valence electrons. The topological polar surface area (TPSA) is 12.9 Å². The Kier molecular flexibility index (Phi) is 7.50. The largest absolute Gasteiger partial charge is 0.246 e. The van der Waals surface area contributed by atoms with Crippen molar-refractivity contribution in [2.75, 3.05) is 0 Å². The molecule has 1 aromatic rings. The summed E-state index contributed by atoms with van der Waals surface area (Å²) in [5.41, 5.74) is 1.36. The van der Waals surface area contributed by atoms with Gasteiger partial charge in [0.15, 0.2) is 0 Å². The van der Waals surface area contributed by atoms with Gasteiger partial charge in [-0.15, -0.1) is 11.3 Å². The zero-order valence-electron chi connectivity index (χ0n) is 11.7. The van der Waals surface area contributed by atoms with Crippen LogP contribution in [0.15, 0.2) is 5.38 Å². The van der Waals surface area contributed by atoms with Crippen molar-refractivity contribution in [3.63, 3.8) is 0 Å². The van der Waals surface area contributed by atoms with Crippen molar-refractivity contribution in [1.29, 1.82) is 0 Å². The number of nitrogens with zero attached hydrogens (tertiary/aromatic N) is 1. The molecule has 2 heteroatoms. The van der Waals surface area contributed by atoms with E-state index in [0.29, 0.717) is 0 Å². The molecule has 0 aliphatic heterocycles. The molecule has 0 saturated carbocycles. The maximum absolute atomic E-state index is 4.68. The summed E-state index contributed by atoms with van der Waals surface area (Å²) in [6.45, 7) is 6.67. The first-order valence-corrected chi connectivity index (χ1v) is 8.07. The fraction of sp³-hybridized carbons (Fsp3) is 0.800. The van der Waals surface area contributed by atoms with Gasteiger partial charge in [0.1, 0.15) is 0 Å². The predicted octanol–water partition coefficient (Wildman–Crippen LogP) is 5.70. The van der Waals surface area contributed by atoms with Crippen LogP contribution in [0.5, 0.6) is 0 Å². The third kappa shape index (κ3) is 5.67. The maximum Gasteiger partial charge on any atom is 0.0897 e. The highest BCUT2D eigenvalue weighted by molar-refractivity contribution is 7.09. The Balaban J connectivity index is 2.42. The second-order valence-electron chi connectivity index (χ2n) is 4.98. The van der Waals surface area contributed by atoms with Crippen molar-refractivity contribution >= 4 is 11.3 Å². The molecule has 0 aliphatic rings. The molecule has 0 aromatic carbocycles. The van der Waals surface area contributed by atoms with E-state index in [-0.39, 0.29) is 0 Å². The molecule has 1 aromatic heterocycles. The second-order valence-corrected chi connectivity index (χ2v) is 6.04. The first kappa shape index (κ1) is 14.7. The molecule has 0 aliphatic carbocycles. The van der Waals surface area contributed by atoms with Crippen LogP contribution in [0.1, 0.15) is 81.8 Å². The number of hydrogen-bond donors (Lipinski definition) is 0. The van der Waals surface area contributed by atoms with Gasteiger partial charge in [-0.2, -0.15) is 0 Å². The highest BCUT2D eigenvalue weighted by Crippen LogP contribution is 2.28. The normalized spacial score (nSPS) is 12.9. The zero-order chi connectivity index (χ0) is 12.5. The van der Waals surface area contributed by atoms with Gasteiger partial charge in [0.2, 0.25) is 0 Å². The van der Waals surface area contributed by atoms with E-state index >= 15 is 0 Å². The highest BCUT2D eigenvalue weighted by Gasteiger charge is 2.13. The lowest BCUT2D eigenvalue weighted by Crippen LogP contribution is -2.00. The number of unbranched alkanes of at least 4 members (excludes halogenated alkanes) is 4. The van der Waals surface area contributed by atoms with Crippen molar-refractivity contribution in [3.05, 3.63) is 16.1 Å². The van der Waals surface area contributed by atoms with E-state index in [2.05, 4.69) is 31.1 Å². The number of thiazole rings is 1. The molecule has 0 radical (unpaired) electrons. The second kappa shape index (κ2) is 8.68. The van der Waals surface area contributed by atoms with Crippen LogP contribution in [0.4, 0.5) is 0 Å². The summed E-state index contributed by atoms with van der Waals surface area (Å²) < 4.78 is 0. The number of aryl methyl sites for hydroxylation is 1. The van der Waals surface area contributed by atoms with Crippen molar-refractivity contribution in [2.45, 2.75) is 78.1 Å². The fourth-order valence-electron chi connectivity index (χ4n) is 2.28. The Morgan fingerprint density at radius 3 is 2.35 bits per heavy atom. The van der Waals surface area contributed by atoms with E-state index in [9.17, 15) is 0 Å². The van der Waals surface area contributed by atoms with Gasteiger partial charge >= 0.3 is 0 Å². The monoisotopic (exact) mass is 253 g/mol. The van der Waals surface area contributed by atoms with Gasteiger partial charge in [-0.05, 0) is 19.8 Å². The molecule has 0 saturated heterocycles. The number of aromatic nitrogens is 1. The van der Waals surface area contributed by atoms with Crippen LogP contribution in [0.2, 0.25) is 0 Å². The summed E-state index contributed by atoms with van der Waals surface area (Å²) in [7, 11) is 0. The van der Waals surface area contributed by atoms with Gasteiger partial charge in [-0.1, -0.05) is 52.4 Å². The minimum atomic E-state index is 0.719. The molecule has 1 rings (SSSR count). The SMILES string of the molecule is CCCCCCC(CCCC)c1csc(C)n1. The number of hydrogen-bond acceptors (Lipinski definition) is 2. The number of rotatable bonds is 9. The molecule has 0 spiro atoms. The summed E-state index contributed by atoms with van der Waals surface area (Å²) in [6.07, 6.45) is 10.8. The van der Waals surface area contributed by atoms with E-state index in [1.165, 1.54) is 62.1 Å². The molecule has 1 heterocycles. The average Bonchev–Trinajstić information content (AvgIpc) is 2.75. The molecule has 0 fully saturated rings. The predicted molar refractivity (Wildman–Crippen MR) is 77.9 cm³/mol. The molecule has 0 N–H and O–H groups in total. The van der Waals surface area contributed by atoms with E-state index in [1.54, 1.807) is 11.3 Å². The molecular formula is C15H27NS. The molecule has 17 heavy (non-hydrogen) atoms. The van der Waals surface area contributed by atoms with E-state index in [0.717, 1.165) is 5.92 Å². The van der Waals surface area contributed by atoms with Gasteiger partial charge in [0.25, 0.3) is 0 Å². The highest BCUT2D eigenvalue weighted by atomic mass is 32.1. The minimum Gasteiger partial charge on any atom is -0.246 e. The Labute approximate surface area is 111 Å². The maximum atomic E-state index is 4.68. The van der Waals surface area contributed by atoms with Crippen LogP contribution < -0.4 is 0 Å². The minimum absolute atomic E-state index is 0.719. The summed E-state index contributed by atoms with van der Waals surface area (Å²) in [6, 6.07) is 0. The van der Waals surface area contributed by atoms with Crippen LogP contribution in [-0.4, -0.2) is 4.98 Å². The molecule has 0 amide bonds. The van der Waals surface area contributed by atoms with Gasteiger partial charge in [0, 0.05) is 11.3 Å². The summed E-state index contributed by atoms with van der Waals surface area (Å²) in [5.74, 6) is 0.719. The molecular weight excluding hydrogens is 226 g/mol. The summed E-state index contributed by atoms with van der Waals surface area (Å²) >= 11 is 1.80. The van der Waals surface area contributed by atoms with Crippen molar-refractivity contribution < 1.29 is 0 Å². The standard InChI is InChI=1S/C15H27NS/c1-4-6-8-9-11-14(10-7-5-2)15-12-17-13(3)16-15/h12,14H,4-11H2,1-3H3. The van der Waals surface area contributed by atoms with Crippen LogP contribution in [0, 0.1) is 6.92 Å². The van der Waals surface area contributed by atoms with Crippen molar-refractivity contribution in [3.8, 4) is 0 Å². The van der Waals surface area contributed by atoms with Crippen molar-refractivity contribution in [1.82, 2.24) is 4.98 Å². The van der Waals surface area contributed by atoms with E-state index in [1.807, 2.05) is 0 Å². The summed E-state index contributed by atoms with van der Waals surface area (Å²) in [5, 5.41) is 3.49. The lowest BCUT2D eigenvalue weighted by atomic mass is 9.93. The van der Waals surface area contributed by atoms with Crippen LogP contribution >= 0.6 is 11.3 Å². The Bertz CT molecular complexity index is 293. The molecule has 0 bridgehead atoms. The molecule has 1 unspecified atom stereocenters. The van der Waals surface area contributed by atoms with Crippen LogP contribution in [0.3, 0.4) is 0 Å². The quantitative estimate of drug-likeness (QED) is 0.515.